The average molecular weight is 379 g/mol. The predicted molar refractivity (Wildman–Crippen MR) is 100 cm³/mol. The molecule has 3 aromatic rings. The summed E-state index contributed by atoms with van der Waals surface area (Å²) in [4.78, 5) is 16.2. The zero-order chi connectivity index (χ0) is 16.9. The largest absolute Gasteiger partial charge is 0.301 e. The summed E-state index contributed by atoms with van der Waals surface area (Å²) in [7, 11) is 0. The zero-order valence-electron chi connectivity index (χ0n) is 12.3. The Kier molecular flexibility index (Phi) is 5.30. The number of hydrogen-bond acceptors (Lipinski definition) is 5. The monoisotopic (exact) mass is 378 g/mol. The molecule has 5 nitrogen and oxygen atoms in total. The second-order valence-corrected chi connectivity index (χ2v) is 6.65. The smallest absolute Gasteiger partial charge is 0.247 e. The number of carbonyl (C=O) groups excluding carboxylic acids is 1. The molecule has 2 aromatic carbocycles. The molecule has 0 atom stereocenters. The maximum atomic E-state index is 11.9. The number of thiazole rings is 1. The van der Waals surface area contributed by atoms with Crippen molar-refractivity contribution in [1.29, 1.82) is 0 Å². The molecule has 1 heterocycles. The number of hydrazone groups is 1. The number of carbonyl (C=O) groups is 1. The van der Waals surface area contributed by atoms with Crippen molar-refractivity contribution >= 4 is 62.0 Å². The quantitative estimate of drug-likeness (QED) is 0.517. The Morgan fingerprint density at radius 3 is 2.75 bits per heavy atom. The third-order valence-electron chi connectivity index (χ3n) is 3.02. The van der Waals surface area contributed by atoms with E-state index < -0.39 is 0 Å². The van der Waals surface area contributed by atoms with Gasteiger partial charge < -0.3 is 10.7 Å². The molecule has 8 heteroatoms. The van der Waals surface area contributed by atoms with Crippen molar-refractivity contribution in [3.8, 4) is 0 Å². The highest BCUT2D eigenvalue weighted by molar-refractivity contribution is 7.22. The van der Waals surface area contributed by atoms with Gasteiger partial charge in [0.25, 0.3) is 0 Å². The van der Waals surface area contributed by atoms with Crippen LogP contribution in [-0.2, 0) is 4.79 Å². The molecule has 1 aromatic heterocycles. The average Bonchev–Trinajstić information content (AvgIpc) is 2.94. The van der Waals surface area contributed by atoms with Crippen molar-refractivity contribution in [1.82, 2.24) is 10.4 Å². The molecule has 3 rings (SSSR count). The van der Waals surface area contributed by atoms with Gasteiger partial charge in [0.05, 0.1) is 26.5 Å². The first kappa shape index (κ1) is 16.7. The first-order valence-corrected chi connectivity index (χ1v) is 8.55. The van der Waals surface area contributed by atoms with Crippen LogP contribution in [0, 0.1) is 0 Å². The van der Waals surface area contributed by atoms with Crippen LogP contribution in [0.4, 0.5) is 5.13 Å². The highest BCUT2D eigenvalue weighted by atomic mass is 35.5. The molecule has 24 heavy (non-hydrogen) atoms. The van der Waals surface area contributed by atoms with E-state index in [1.807, 2.05) is 30.3 Å². The zero-order valence-corrected chi connectivity index (χ0v) is 14.6. The van der Waals surface area contributed by atoms with E-state index >= 15 is 0 Å². The van der Waals surface area contributed by atoms with Crippen LogP contribution in [0.2, 0.25) is 10.0 Å². The molecule has 0 aliphatic rings. The van der Waals surface area contributed by atoms with Gasteiger partial charge in [-0.25, -0.2) is 4.98 Å². The van der Waals surface area contributed by atoms with E-state index in [0.717, 1.165) is 10.3 Å². The Balaban J connectivity index is 1.56. The summed E-state index contributed by atoms with van der Waals surface area (Å²) in [6.07, 6.45) is 1.65. The van der Waals surface area contributed by atoms with Crippen LogP contribution in [0.3, 0.4) is 0 Å². The summed E-state index contributed by atoms with van der Waals surface area (Å²) in [6.45, 7) is 0.0424. The Morgan fingerprint density at radius 1 is 1.21 bits per heavy atom. The molecular weight excluding hydrogens is 367 g/mol. The van der Waals surface area contributed by atoms with E-state index in [1.54, 1.807) is 18.3 Å². The summed E-state index contributed by atoms with van der Waals surface area (Å²) in [5, 5.41) is 8.10. The summed E-state index contributed by atoms with van der Waals surface area (Å²) in [5.41, 5.74) is 4.34. The lowest BCUT2D eigenvalue weighted by Crippen LogP contribution is -2.24. The van der Waals surface area contributed by atoms with Crippen molar-refractivity contribution in [2.75, 3.05) is 11.9 Å². The van der Waals surface area contributed by atoms with E-state index in [-0.39, 0.29) is 12.5 Å². The van der Waals surface area contributed by atoms with E-state index in [9.17, 15) is 4.79 Å². The SMILES string of the molecule is O=C(CN/N=C/c1ccccc1)Nc1nc2cc(Cl)c(Cl)cc2s1. The molecule has 0 radical (unpaired) electrons. The molecule has 0 unspecified atom stereocenters. The number of nitrogens with zero attached hydrogens (tertiary/aromatic N) is 2. The molecule has 122 valence electrons. The van der Waals surface area contributed by atoms with E-state index in [2.05, 4.69) is 20.8 Å². The van der Waals surface area contributed by atoms with Crippen molar-refractivity contribution in [2.45, 2.75) is 0 Å². The van der Waals surface area contributed by atoms with Crippen molar-refractivity contribution in [3.63, 3.8) is 0 Å². The van der Waals surface area contributed by atoms with Crippen LogP contribution in [-0.4, -0.2) is 23.7 Å². The highest BCUT2D eigenvalue weighted by Crippen LogP contribution is 2.32. The summed E-state index contributed by atoms with van der Waals surface area (Å²) >= 11 is 13.3. The second kappa shape index (κ2) is 7.61. The van der Waals surface area contributed by atoms with Crippen molar-refractivity contribution < 1.29 is 4.79 Å². The lowest BCUT2D eigenvalue weighted by Gasteiger charge is -2.00. The number of fused-ring (bicyclic) bond motifs is 1. The van der Waals surface area contributed by atoms with Gasteiger partial charge in [-0.3, -0.25) is 4.79 Å². The van der Waals surface area contributed by atoms with Gasteiger partial charge in [-0.1, -0.05) is 64.9 Å². The Hall–Kier alpha value is -2.15. The van der Waals surface area contributed by atoms with Gasteiger partial charge >= 0.3 is 0 Å². The minimum atomic E-state index is -0.239. The number of anilines is 1. The first-order valence-electron chi connectivity index (χ1n) is 6.98. The molecule has 0 saturated heterocycles. The number of benzene rings is 2. The normalized spacial score (nSPS) is 11.1. The fourth-order valence-corrected chi connectivity index (χ4v) is 3.21. The van der Waals surface area contributed by atoms with Gasteiger partial charge in [0, 0.05) is 0 Å². The van der Waals surface area contributed by atoms with E-state index in [0.29, 0.717) is 20.7 Å². The molecule has 2 N–H and O–H groups in total. The van der Waals surface area contributed by atoms with Crippen LogP contribution < -0.4 is 10.7 Å². The lowest BCUT2D eigenvalue weighted by molar-refractivity contribution is -0.115. The Morgan fingerprint density at radius 2 is 1.96 bits per heavy atom. The summed E-state index contributed by atoms with van der Waals surface area (Å²) < 4.78 is 0.856. The Labute approximate surface area is 152 Å². The number of nitrogens with one attached hydrogen (secondary N) is 2. The molecular formula is C16H12Cl2N4OS. The fraction of sp³-hybridized carbons (Fsp3) is 0.0625. The topological polar surface area (TPSA) is 66.4 Å². The minimum Gasteiger partial charge on any atom is -0.301 e. The first-order chi connectivity index (χ1) is 11.6. The minimum absolute atomic E-state index is 0.0424. The third kappa shape index (κ3) is 4.23. The molecule has 0 bridgehead atoms. The summed E-state index contributed by atoms with van der Waals surface area (Å²) in [5.74, 6) is -0.239. The highest BCUT2D eigenvalue weighted by Gasteiger charge is 2.09. The molecule has 0 aliphatic carbocycles. The number of hydrogen-bond donors (Lipinski definition) is 2. The standard InChI is InChI=1S/C16H12Cl2N4OS/c17-11-6-13-14(7-12(11)18)24-16(21-13)22-15(23)9-20-19-8-10-4-2-1-3-5-10/h1-8,20H,9H2,(H,21,22,23)/b19-8+. The summed E-state index contributed by atoms with van der Waals surface area (Å²) in [6, 6.07) is 13.0. The van der Waals surface area contributed by atoms with Crippen LogP contribution in [0.1, 0.15) is 5.56 Å². The third-order valence-corrected chi connectivity index (χ3v) is 4.68. The van der Waals surface area contributed by atoms with Gasteiger partial charge in [-0.2, -0.15) is 5.10 Å². The van der Waals surface area contributed by atoms with Crippen molar-refractivity contribution in [3.05, 3.63) is 58.1 Å². The molecule has 1 amide bonds. The maximum absolute atomic E-state index is 11.9. The number of amides is 1. The molecule has 0 saturated carbocycles. The lowest BCUT2D eigenvalue weighted by atomic mass is 10.2. The van der Waals surface area contributed by atoms with Crippen LogP contribution >= 0.6 is 34.5 Å². The fourth-order valence-electron chi connectivity index (χ4n) is 1.92. The second-order valence-electron chi connectivity index (χ2n) is 4.81. The van der Waals surface area contributed by atoms with Gasteiger partial charge in [0.1, 0.15) is 6.54 Å². The Bertz CT molecular complexity index is 857. The van der Waals surface area contributed by atoms with Gasteiger partial charge in [-0.15, -0.1) is 0 Å². The predicted octanol–water partition coefficient (Wildman–Crippen LogP) is 4.17. The number of aromatic nitrogens is 1. The molecule has 0 fully saturated rings. The molecule has 0 aliphatic heterocycles. The van der Waals surface area contributed by atoms with Crippen LogP contribution in [0.15, 0.2) is 47.6 Å². The molecule has 0 spiro atoms. The van der Waals surface area contributed by atoms with Crippen molar-refractivity contribution in [2.24, 2.45) is 5.10 Å². The van der Waals surface area contributed by atoms with E-state index in [4.69, 9.17) is 23.2 Å². The van der Waals surface area contributed by atoms with Crippen LogP contribution in [0.5, 0.6) is 0 Å². The van der Waals surface area contributed by atoms with E-state index in [1.165, 1.54) is 11.3 Å². The van der Waals surface area contributed by atoms with Gasteiger partial charge in [0.15, 0.2) is 5.13 Å². The van der Waals surface area contributed by atoms with Gasteiger partial charge in [0.2, 0.25) is 5.91 Å². The number of halogens is 2. The number of rotatable bonds is 5. The maximum Gasteiger partial charge on any atom is 0.247 e. The van der Waals surface area contributed by atoms with Crippen LogP contribution in [0.25, 0.3) is 10.2 Å². The van der Waals surface area contributed by atoms with Gasteiger partial charge in [-0.05, 0) is 17.7 Å².